The number of carbonyl (C=O) groups is 2. The highest BCUT2D eigenvalue weighted by Gasteiger charge is 2.20. The fraction of sp³-hybridized carbons (Fsp3) is 0.167. The second-order valence-corrected chi connectivity index (χ2v) is 9.28. The van der Waals surface area contributed by atoms with E-state index in [-0.39, 0.29) is 17.3 Å². The van der Waals surface area contributed by atoms with Gasteiger partial charge >= 0.3 is 7.82 Å². The molecule has 13 heteroatoms. The molecular weight excluding hydrogens is 501 g/mol. The Labute approximate surface area is 211 Å². The van der Waals surface area contributed by atoms with Crippen LogP contribution in [0.2, 0.25) is 0 Å². The summed E-state index contributed by atoms with van der Waals surface area (Å²) in [5, 5.41) is 2.80. The first-order valence-corrected chi connectivity index (χ1v) is 12.5. The average molecular weight is 525 g/mol. The number of benzene rings is 2. The molecule has 0 atom stereocenters. The van der Waals surface area contributed by atoms with Crippen LogP contribution in [0.15, 0.2) is 54.7 Å². The Bertz CT molecular complexity index is 1510. The van der Waals surface area contributed by atoms with Crippen LogP contribution in [-0.4, -0.2) is 43.2 Å². The number of methoxy groups -OCH3 is 1. The Hall–Kier alpha value is -4.25. The number of hydrogen-bond donors (Lipinski definition) is 4. The Morgan fingerprint density at radius 2 is 1.84 bits per heavy atom. The van der Waals surface area contributed by atoms with E-state index in [0.717, 1.165) is 11.3 Å². The molecule has 0 aliphatic heterocycles. The molecule has 4 rings (SSSR count). The maximum Gasteiger partial charge on any atom is 0.524 e. The maximum absolute atomic E-state index is 12.9. The SMILES string of the molecule is COc1cc(C(N)=O)cc2nc(NC(=O)c3ccc(C)nc3)n(CCc3ccc(OP(=O)(O)O)cc3)c12. The molecule has 0 fully saturated rings. The average Bonchev–Trinajstić information content (AvgIpc) is 3.19. The summed E-state index contributed by atoms with van der Waals surface area (Å²) in [5.74, 6) is -0.463. The molecule has 2 aromatic carbocycles. The molecule has 2 heterocycles. The zero-order chi connectivity index (χ0) is 26.7. The third-order valence-electron chi connectivity index (χ3n) is 5.48. The standard InChI is InChI=1S/C24H24N5O7P/c1-14-3-6-16(13-26-14)23(31)28-24-27-19-11-17(22(25)30)12-20(35-2)21(19)29(24)10-9-15-4-7-18(8-5-15)36-37(32,33)34/h3-8,11-13H,9-10H2,1-2H3,(H2,25,30)(H,27,28,31)(H2,32,33,34). The molecule has 0 radical (unpaired) electrons. The van der Waals surface area contributed by atoms with E-state index in [9.17, 15) is 14.2 Å². The van der Waals surface area contributed by atoms with Crippen LogP contribution >= 0.6 is 7.82 Å². The van der Waals surface area contributed by atoms with Crippen molar-refractivity contribution in [2.24, 2.45) is 5.73 Å². The number of hydrogen-bond acceptors (Lipinski definition) is 7. The number of nitrogens with one attached hydrogen (secondary N) is 1. The summed E-state index contributed by atoms with van der Waals surface area (Å²) >= 11 is 0. The number of aromatic nitrogens is 3. The summed E-state index contributed by atoms with van der Waals surface area (Å²) in [7, 11) is -3.21. The van der Waals surface area contributed by atoms with Gasteiger partial charge in [-0.15, -0.1) is 0 Å². The Morgan fingerprint density at radius 1 is 1.11 bits per heavy atom. The summed E-state index contributed by atoms with van der Waals surface area (Å²) in [6.45, 7) is 2.15. The van der Waals surface area contributed by atoms with E-state index >= 15 is 0 Å². The van der Waals surface area contributed by atoms with E-state index in [0.29, 0.717) is 35.3 Å². The van der Waals surface area contributed by atoms with E-state index in [4.69, 9.17) is 20.3 Å². The van der Waals surface area contributed by atoms with Crippen LogP contribution in [0.25, 0.3) is 11.0 Å². The smallest absolute Gasteiger partial charge is 0.494 e. The van der Waals surface area contributed by atoms with Crippen molar-refractivity contribution in [2.75, 3.05) is 12.4 Å². The van der Waals surface area contributed by atoms with Gasteiger partial charge in [-0.25, -0.2) is 9.55 Å². The van der Waals surface area contributed by atoms with Gasteiger partial charge in [-0.05, 0) is 55.3 Å². The van der Waals surface area contributed by atoms with Crippen LogP contribution in [0.3, 0.4) is 0 Å². The molecule has 5 N–H and O–H groups in total. The Kier molecular flexibility index (Phi) is 7.25. The van der Waals surface area contributed by atoms with E-state index in [1.165, 1.54) is 37.6 Å². The molecule has 2 amide bonds. The number of nitrogens with zero attached hydrogens (tertiary/aromatic N) is 3. The van der Waals surface area contributed by atoms with Crippen molar-refractivity contribution in [2.45, 2.75) is 19.9 Å². The lowest BCUT2D eigenvalue weighted by atomic mass is 10.1. The van der Waals surface area contributed by atoms with E-state index < -0.39 is 19.6 Å². The van der Waals surface area contributed by atoms with Crippen LogP contribution in [0.4, 0.5) is 5.95 Å². The minimum absolute atomic E-state index is 0.0328. The Morgan fingerprint density at radius 3 is 2.43 bits per heavy atom. The van der Waals surface area contributed by atoms with Crippen molar-refractivity contribution in [1.82, 2.24) is 14.5 Å². The third kappa shape index (κ3) is 6.12. The van der Waals surface area contributed by atoms with Crippen LogP contribution in [-0.2, 0) is 17.5 Å². The van der Waals surface area contributed by atoms with Crippen molar-refractivity contribution in [3.8, 4) is 11.5 Å². The number of rotatable bonds is 9. The van der Waals surface area contributed by atoms with Gasteiger partial charge in [0.25, 0.3) is 5.91 Å². The predicted molar refractivity (Wildman–Crippen MR) is 135 cm³/mol. The quantitative estimate of drug-likeness (QED) is 0.239. The highest BCUT2D eigenvalue weighted by molar-refractivity contribution is 7.46. The minimum atomic E-state index is -4.66. The molecule has 0 bridgehead atoms. The molecule has 0 saturated carbocycles. The topological polar surface area (TPSA) is 179 Å². The van der Waals surface area contributed by atoms with E-state index in [2.05, 4.69) is 19.8 Å². The summed E-state index contributed by atoms with van der Waals surface area (Å²) in [6.07, 6.45) is 1.92. The van der Waals surface area contributed by atoms with Crippen LogP contribution in [0, 0.1) is 6.92 Å². The molecule has 0 spiro atoms. The molecule has 0 aliphatic carbocycles. The van der Waals surface area contributed by atoms with Gasteiger partial charge in [-0.2, -0.15) is 0 Å². The number of amides is 2. The maximum atomic E-state index is 12.9. The van der Waals surface area contributed by atoms with Crippen molar-refractivity contribution in [1.29, 1.82) is 0 Å². The fourth-order valence-electron chi connectivity index (χ4n) is 3.71. The largest absolute Gasteiger partial charge is 0.524 e. The van der Waals surface area contributed by atoms with Gasteiger partial charge in [-0.3, -0.25) is 29.7 Å². The summed E-state index contributed by atoms with van der Waals surface area (Å²) in [5.41, 5.74) is 8.55. The van der Waals surface area contributed by atoms with E-state index in [1.807, 2.05) is 6.92 Å². The lowest BCUT2D eigenvalue weighted by Gasteiger charge is -2.13. The molecule has 4 aromatic rings. The first kappa shape index (κ1) is 25.8. The number of phosphoric acid groups is 1. The minimum Gasteiger partial charge on any atom is -0.494 e. The molecule has 2 aromatic heterocycles. The number of aryl methyl sites for hydroxylation is 3. The van der Waals surface area contributed by atoms with Gasteiger partial charge in [0.15, 0.2) is 0 Å². The highest BCUT2D eigenvalue weighted by Crippen LogP contribution is 2.37. The first-order valence-electron chi connectivity index (χ1n) is 11.0. The number of pyridine rings is 1. The van der Waals surface area contributed by atoms with Crippen LogP contribution in [0.1, 0.15) is 32.0 Å². The second-order valence-electron chi connectivity index (χ2n) is 8.12. The van der Waals surface area contributed by atoms with Crippen molar-refractivity contribution >= 4 is 36.6 Å². The molecular formula is C24H24N5O7P. The number of ether oxygens (including phenoxy) is 1. The molecule has 0 aliphatic rings. The summed E-state index contributed by atoms with van der Waals surface area (Å²) in [6, 6.07) is 12.6. The third-order valence-corrected chi connectivity index (χ3v) is 5.93. The highest BCUT2D eigenvalue weighted by atomic mass is 31.2. The Balaban J connectivity index is 1.69. The van der Waals surface area contributed by atoms with E-state index in [1.54, 1.807) is 28.8 Å². The number of nitrogens with two attached hydrogens (primary N) is 1. The molecule has 192 valence electrons. The van der Waals surface area contributed by atoms with Crippen molar-refractivity contribution in [3.05, 3.63) is 77.1 Å². The number of imidazole rings is 1. The zero-order valence-corrected chi connectivity index (χ0v) is 20.8. The number of carbonyl (C=O) groups excluding carboxylic acids is 2. The number of phosphoric ester groups is 1. The van der Waals surface area contributed by atoms with Gasteiger partial charge in [0, 0.05) is 24.0 Å². The van der Waals surface area contributed by atoms with Crippen molar-refractivity contribution < 1.29 is 33.2 Å². The van der Waals surface area contributed by atoms with Gasteiger partial charge in [-0.1, -0.05) is 12.1 Å². The van der Waals surface area contributed by atoms with Gasteiger partial charge < -0.3 is 19.6 Å². The second kappa shape index (κ2) is 10.4. The van der Waals surface area contributed by atoms with Crippen LogP contribution in [0.5, 0.6) is 11.5 Å². The monoisotopic (exact) mass is 525 g/mol. The lowest BCUT2D eigenvalue weighted by molar-refractivity contribution is 0.0997. The molecule has 37 heavy (non-hydrogen) atoms. The summed E-state index contributed by atoms with van der Waals surface area (Å²) < 4.78 is 22.9. The lowest BCUT2D eigenvalue weighted by Crippen LogP contribution is -2.17. The van der Waals surface area contributed by atoms with Crippen molar-refractivity contribution in [3.63, 3.8) is 0 Å². The molecule has 0 saturated heterocycles. The van der Waals surface area contributed by atoms with Gasteiger partial charge in [0.05, 0.1) is 18.2 Å². The number of primary amides is 1. The molecule has 12 nitrogen and oxygen atoms in total. The summed E-state index contributed by atoms with van der Waals surface area (Å²) in [4.78, 5) is 51.4. The normalized spacial score (nSPS) is 11.4. The fourth-order valence-corrected chi connectivity index (χ4v) is 4.11. The first-order chi connectivity index (χ1) is 17.5. The molecule has 0 unspecified atom stereocenters. The number of fused-ring (bicyclic) bond motifs is 1. The van der Waals surface area contributed by atoms with Crippen LogP contribution < -0.4 is 20.3 Å². The van der Waals surface area contributed by atoms with Gasteiger partial charge in [0.1, 0.15) is 17.0 Å². The predicted octanol–water partition coefficient (Wildman–Crippen LogP) is 2.81. The van der Waals surface area contributed by atoms with Gasteiger partial charge in [0.2, 0.25) is 11.9 Å². The zero-order valence-electron chi connectivity index (χ0n) is 19.9. The number of anilines is 1.